The minimum Gasteiger partial charge on any atom is -0.349 e. The van der Waals surface area contributed by atoms with Gasteiger partial charge in [0.2, 0.25) is 0 Å². The lowest BCUT2D eigenvalue weighted by Crippen LogP contribution is -2.37. The van der Waals surface area contributed by atoms with Crippen LogP contribution in [0.1, 0.15) is 42.5 Å². The standard InChI is InChI=1S/C13H15F2NO/c14-10-7-4-8-11(15)12(10)13(17)16-9-5-2-1-3-6-9/h4,7-9H,1-3,5-6H2,(H,16,17). The molecule has 2 nitrogen and oxygen atoms in total. The molecule has 1 aromatic rings. The van der Waals surface area contributed by atoms with Gasteiger partial charge in [0.05, 0.1) is 0 Å². The van der Waals surface area contributed by atoms with E-state index in [0.717, 1.165) is 37.8 Å². The molecule has 0 spiro atoms. The molecule has 1 saturated carbocycles. The number of nitrogens with one attached hydrogen (secondary N) is 1. The van der Waals surface area contributed by atoms with Crippen molar-refractivity contribution in [2.75, 3.05) is 0 Å². The van der Waals surface area contributed by atoms with Crippen molar-refractivity contribution in [1.82, 2.24) is 5.32 Å². The van der Waals surface area contributed by atoms with Crippen molar-refractivity contribution in [2.45, 2.75) is 38.1 Å². The Morgan fingerprint density at radius 1 is 1.12 bits per heavy atom. The van der Waals surface area contributed by atoms with Gasteiger partial charge in [0.25, 0.3) is 5.91 Å². The van der Waals surface area contributed by atoms with Crippen molar-refractivity contribution in [2.24, 2.45) is 0 Å². The molecule has 1 aliphatic rings. The van der Waals surface area contributed by atoms with Gasteiger partial charge in [-0.2, -0.15) is 0 Å². The molecule has 17 heavy (non-hydrogen) atoms. The summed E-state index contributed by atoms with van der Waals surface area (Å²) in [5.74, 6) is -2.26. The Labute approximate surface area is 99.0 Å². The van der Waals surface area contributed by atoms with E-state index in [-0.39, 0.29) is 6.04 Å². The Hall–Kier alpha value is -1.45. The predicted molar refractivity (Wildman–Crippen MR) is 60.7 cm³/mol. The molecular formula is C13H15F2NO. The molecule has 1 aromatic carbocycles. The Morgan fingerprint density at radius 3 is 2.29 bits per heavy atom. The van der Waals surface area contributed by atoms with E-state index in [1.165, 1.54) is 12.5 Å². The monoisotopic (exact) mass is 239 g/mol. The highest BCUT2D eigenvalue weighted by molar-refractivity contribution is 5.94. The zero-order valence-corrected chi connectivity index (χ0v) is 9.51. The van der Waals surface area contributed by atoms with Crippen LogP contribution in [0.4, 0.5) is 8.78 Å². The number of carbonyl (C=O) groups excluding carboxylic acids is 1. The lowest BCUT2D eigenvalue weighted by atomic mass is 9.95. The summed E-state index contributed by atoms with van der Waals surface area (Å²) in [4.78, 5) is 11.8. The first-order chi connectivity index (χ1) is 8.18. The number of hydrogen-bond acceptors (Lipinski definition) is 1. The molecule has 0 saturated heterocycles. The van der Waals surface area contributed by atoms with Gasteiger partial charge in [0, 0.05) is 6.04 Å². The van der Waals surface area contributed by atoms with E-state index in [0.29, 0.717) is 0 Å². The second-order valence-corrected chi connectivity index (χ2v) is 4.41. The number of rotatable bonds is 2. The third-order valence-corrected chi connectivity index (χ3v) is 3.13. The van der Waals surface area contributed by atoms with Crippen molar-refractivity contribution < 1.29 is 13.6 Å². The number of carbonyl (C=O) groups is 1. The van der Waals surface area contributed by atoms with E-state index < -0.39 is 23.1 Å². The van der Waals surface area contributed by atoms with E-state index in [1.807, 2.05) is 0 Å². The highest BCUT2D eigenvalue weighted by atomic mass is 19.1. The first-order valence-corrected chi connectivity index (χ1v) is 5.93. The molecule has 0 aliphatic heterocycles. The first kappa shape index (κ1) is 12.0. The van der Waals surface area contributed by atoms with Crippen LogP contribution in [0.15, 0.2) is 18.2 Å². The van der Waals surface area contributed by atoms with Crippen molar-refractivity contribution in [3.8, 4) is 0 Å². The maximum Gasteiger partial charge on any atom is 0.257 e. The lowest BCUT2D eigenvalue weighted by molar-refractivity contribution is 0.0919. The predicted octanol–water partition coefficient (Wildman–Crippen LogP) is 3.03. The largest absolute Gasteiger partial charge is 0.349 e. The maximum absolute atomic E-state index is 13.4. The molecule has 1 amide bonds. The first-order valence-electron chi connectivity index (χ1n) is 5.93. The average molecular weight is 239 g/mol. The molecule has 92 valence electrons. The SMILES string of the molecule is O=C(NC1CCCCC1)c1c(F)cccc1F. The second kappa shape index (κ2) is 5.25. The summed E-state index contributed by atoms with van der Waals surface area (Å²) in [6, 6.07) is 3.50. The number of amides is 1. The van der Waals surface area contributed by atoms with E-state index in [1.54, 1.807) is 0 Å². The third kappa shape index (κ3) is 2.81. The van der Waals surface area contributed by atoms with Crippen LogP contribution in [-0.2, 0) is 0 Å². The van der Waals surface area contributed by atoms with Gasteiger partial charge >= 0.3 is 0 Å². The Kier molecular flexibility index (Phi) is 3.71. The summed E-state index contributed by atoms with van der Waals surface area (Å²) in [5.41, 5.74) is -0.474. The Balaban J connectivity index is 2.08. The van der Waals surface area contributed by atoms with Crippen molar-refractivity contribution in [3.05, 3.63) is 35.4 Å². The van der Waals surface area contributed by atoms with Crippen molar-refractivity contribution in [1.29, 1.82) is 0 Å². The molecule has 1 N–H and O–H groups in total. The fraction of sp³-hybridized carbons (Fsp3) is 0.462. The summed E-state index contributed by atoms with van der Waals surface area (Å²) in [6.07, 6.45) is 5.07. The summed E-state index contributed by atoms with van der Waals surface area (Å²) in [5, 5.41) is 2.70. The maximum atomic E-state index is 13.4. The number of hydrogen-bond donors (Lipinski definition) is 1. The molecule has 0 bridgehead atoms. The fourth-order valence-corrected chi connectivity index (χ4v) is 2.22. The van der Waals surface area contributed by atoms with Crippen LogP contribution in [0.25, 0.3) is 0 Å². The quantitative estimate of drug-likeness (QED) is 0.844. The van der Waals surface area contributed by atoms with Crippen LogP contribution in [0.3, 0.4) is 0 Å². The van der Waals surface area contributed by atoms with Crippen LogP contribution in [0, 0.1) is 11.6 Å². The van der Waals surface area contributed by atoms with E-state index in [4.69, 9.17) is 0 Å². The molecule has 1 aliphatic carbocycles. The molecule has 2 rings (SSSR count). The van der Waals surface area contributed by atoms with E-state index in [9.17, 15) is 13.6 Å². The van der Waals surface area contributed by atoms with Crippen LogP contribution in [-0.4, -0.2) is 11.9 Å². The number of benzene rings is 1. The van der Waals surface area contributed by atoms with Gasteiger partial charge < -0.3 is 5.32 Å². The van der Waals surface area contributed by atoms with Gasteiger partial charge in [0.1, 0.15) is 17.2 Å². The van der Waals surface area contributed by atoms with Crippen molar-refractivity contribution >= 4 is 5.91 Å². The van der Waals surface area contributed by atoms with Crippen molar-refractivity contribution in [3.63, 3.8) is 0 Å². The van der Waals surface area contributed by atoms with E-state index in [2.05, 4.69) is 5.32 Å². The Bertz CT molecular complexity index is 394. The summed E-state index contributed by atoms with van der Waals surface area (Å²) >= 11 is 0. The highest BCUT2D eigenvalue weighted by Crippen LogP contribution is 2.19. The van der Waals surface area contributed by atoms with Gasteiger partial charge in [0.15, 0.2) is 0 Å². The molecule has 0 heterocycles. The zero-order valence-electron chi connectivity index (χ0n) is 9.51. The normalized spacial score (nSPS) is 16.8. The second-order valence-electron chi connectivity index (χ2n) is 4.41. The van der Waals surface area contributed by atoms with E-state index >= 15 is 0 Å². The third-order valence-electron chi connectivity index (χ3n) is 3.13. The molecule has 0 aromatic heterocycles. The van der Waals surface area contributed by atoms with Gasteiger partial charge in [-0.1, -0.05) is 25.3 Å². The summed E-state index contributed by atoms with van der Waals surface area (Å²) in [6.45, 7) is 0. The highest BCUT2D eigenvalue weighted by Gasteiger charge is 2.21. The van der Waals surface area contributed by atoms with Gasteiger partial charge in [-0.15, -0.1) is 0 Å². The minimum absolute atomic E-state index is 0.0512. The summed E-state index contributed by atoms with van der Waals surface area (Å²) < 4.78 is 26.7. The van der Waals surface area contributed by atoms with Gasteiger partial charge in [-0.05, 0) is 25.0 Å². The molecule has 1 fully saturated rings. The van der Waals surface area contributed by atoms with Gasteiger partial charge in [-0.3, -0.25) is 4.79 Å². The smallest absolute Gasteiger partial charge is 0.257 e. The van der Waals surface area contributed by atoms with Crippen LogP contribution in [0.2, 0.25) is 0 Å². The molecular weight excluding hydrogens is 224 g/mol. The van der Waals surface area contributed by atoms with Crippen LogP contribution < -0.4 is 5.32 Å². The Morgan fingerprint density at radius 2 is 1.71 bits per heavy atom. The fourth-order valence-electron chi connectivity index (χ4n) is 2.22. The van der Waals surface area contributed by atoms with Crippen LogP contribution in [0.5, 0.6) is 0 Å². The summed E-state index contributed by atoms with van der Waals surface area (Å²) in [7, 11) is 0. The molecule has 0 unspecified atom stereocenters. The van der Waals surface area contributed by atoms with Crippen LogP contribution >= 0.6 is 0 Å². The minimum atomic E-state index is -0.807. The van der Waals surface area contributed by atoms with Gasteiger partial charge in [-0.25, -0.2) is 8.78 Å². The number of halogens is 2. The average Bonchev–Trinajstić information content (AvgIpc) is 2.30. The topological polar surface area (TPSA) is 29.1 Å². The zero-order chi connectivity index (χ0) is 12.3. The molecule has 4 heteroatoms. The molecule has 0 radical (unpaired) electrons. The lowest BCUT2D eigenvalue weighted by Gasteiger charge is -2.22. The molecule has 0 atom stereocenters.